The minimum atomic E-state index is -0.654. The Labute approximate surface area is 226 Å². The highest BCUT2D eigenvalue weighted by Crippen LogP contribution is 2.44. The number of benzene rings is 3. The highest BCUT2D eigenvalue weighted by Gasteiger charge is 2.31. The van der Waals surface area contributed by atoms with Crippen LogP contribution in [0.4, 0.5) is 0 Å². The van der Waals surface area contributed by atoms with Crippen molar-refractivity contribution < 1.29 is 19.0 Å². The van der Waals surface area contributed by atoms with Gasteiger partial charge in [-0.1, -0.05) is 74.3 Å². The molecule has 190 valence electrons. The van der Waals surface area contributed by atoms with Crippen LogP contribution in [0.1, 0.15) is 60.7 Å². The average molecular weight is 537 g/mol. The summed E-state index contributed by atoms with van der Waals surface area (Å²) in [5, 5.41) is 10.2. The Kier molecular flexibility index (Phi) is 7.40. The third kappa shape index (κ3) is 5.39. The smallest absolute Gasteiger partial charge is 0.343 e. The van der Waals surface area contributed by atoms with E-state index in [-0.39, 0.29) is 32.7 Å². The molecule has 1 heterocycles. The maximum absolute atomic E-state index is 12.8. The molecule has 1 aliphatic heterocycles. The Balaban J connectivity index is 1.65. The van der Waals surface area contributed by atoms with Gasteiger partial charge < -0.3 is 19.9 Å². The summed E-state index contributed by atoms with van der Waals surface area (Å²) >= 11 is 12.5. The van der Waals surface area contributed by atoms with E-state index in [4.69, 9.17) is 43.1 Å². The average Bonchev–Trinajstić information content (AvgIpc) is 2.84. The fraction of sp³-hybridized carbons (Fsp3) is 0.241. The highest BCUT2D eigenvalue weighted by atomic mass is 35.5. The molecule has 0 aromatic heterocycles. The van der Waals surface area contributed by atoms with Crippen LogP contribution in [0.2, 0.25) is 10.0 Å². The number of nitrogens with two attached hydrogens (primary N) is 1. The van der Waals surface area contributed by atoms with Gasteiger partial charge in [-0.15, -0.1) is 0 Å². The van der Waals surface area contributed by atoms with Gasteiger partial charge in [0.2, 0.25) is 5.88 Å². The van der Waals surface area contributed by atoms with Gasteiger partial charge in [0, 0.05) is 11.6 Å². The molecule has 0 amide bonds. The fourth-order valence-corrected chi connectivity index (χ4v) is 4.74. The van der Waals surface area contributed by atoms with E-state index in [9.17, 15) is 10.1 Å². The van der Waals surface area contributed by atoms with E-state index < -0.39 is 11.9 Å². The van der Waals surface area contributed by atoms with Crippen LogP contribution in [0.5, 0.6) is 17.2 Å². The van der Waals surface area contributed by atoms with Crippen molar-refractivity contribution in [1.29, 1.82) is 5.26 Å². The van der Waals surface area contributed by atoms with Crippen LogP contribution in [-0.2, 0) is 5.41 Å². The number of ether oxygens (including phenoxy) is 3. The summed E-state index contributed by atoms with van der Waals surface area (Å²) in [6, 6.07) is 18.2. The van der Waals surface area contributed by atoms with Gasteiger partial charge in [-0.3, -0.25) is 0 Å². The van der Waals surface area contributed by atoms with Crippen LogP contribution in [0, 0.1) is 11.3 Å². The van der Waals surface area contributed by atoms with E-state index in [1.165, 1.54) is 17.7 Å². The number of halogens is 2. The van der Waals surface area contributed by atoms with Gasteiger partial charge in [0.05, 0.1) is 28.1 Å². The lowest BCUT2D eigenvalue weighted by Crippen LogP contribution is -2.21. The zero-order chi connectivity index (χ0) is 26.9. The molecule has 0 radical (unpaired) electrons. The Hall–Kier alpha value is -3.66. The van der Waals surface area contributed by atoms with E-state index in [0.717, 1.165) is 11.1 Å². The number of fused-ring (bicyclic) bond motifs is 1. The zero-order valence-electron chi connectivity index (χ0n) is 20.9. The molecule has 6 nitrogen and oxygen atoms in total. The van der Waals surface area contributed by atoms with Crippen molar-refractivity contribution in [3.63, 3.8) is 0 Å². The minimum absolute atomic E-state index is 0.00435. The van der Waals surface area contributed by atoms with Crippen molar-refractivity contribution in [3.05, 3.63) is 98.4 Å². The molecule has 0 saturated heterocycles. The van der Waals surface area contributed by atoms with Gasteiger partial charge in [0.25, 0.3) is 0 Å². The molecule has 4 rings (SSSR count). The summed E-state index contributed by atoms with van der Waals surface area (Å²) in [6.45, 7) is 8.61. The normalized spacial score (nSPS) is 14.9. The standard InChI is InChI=1S/C29H26Cl2N2O4/c1-5-35-26-22(30)12-17(13-23(26)31)28(34)36-19-10-11-20-24(14-19)37-27(33)21(15-32)25(20)16-6-8-18(9-7-16)29(2,3)4/h6-14,25H,5,33H2,1-4H3. The molecule has 0 spiro atoms. The molecular weight excluding hydrogens is 511 g/mol. The van der Waals surface area contributed by atoms with Gasteiger partial charge in [-0.2, -0.15) is 5.26 Å². The van der Waals surface area contributed by atoms with Gasteiger partial charge in [0.1, 0.15) is 23.1 Å². The lowest BCUT2D eigenvalue weighted by Gasteiger charge is -2.27. The van der Waals surface area contributed by atoms with Gasteiger partial charge in [-0.05, 0) is 41.7 Å². The van der Waals surface area contributed by atoms with E-state index in [2.05, 4.69) is 39.0 Å². The van der Waals surface area contributed by atoms with Gasteiger partial charge in [-0.25, -0.2) is 4.79 Å². The van der Waals surface area contributed by atoms with Crippen molar-refractivity contribution in [1.82, 2.24) is 0 Å². The molecule has 37 heavy (non-hydrogen) atoms. The summed E-state index contributed by atoms with van der Waals surface area (Å²) in [5.74, 6) is -0.126. The number of hydrogen-bond donors (Lipinski definition) is 1. The van der Waals surface area contributed by atoms with E-state index in [0.29, 0.717) is 23.7 Å². The summed E-state index contributed by atoms with van der Waals surface area (Å²) in [6.07, 6.45) is 0. The summed E-state index contributed by atoms with van der Waals surface area (Å²) < 4.78 is 16.7. The maximum Gasteiger partial charge on any atom is 0.343 e. The molecule has 0 saturated carbocycles. The maximum atomic E-state index is 12.8. The number of carbonyl (C=O) groups is 1. The number of rotatable bonds is 5. The topological polar surface area (TPSA) is 94.6 Å². The quantitative estimate of drug-likeness (QED) is 0.275. The predicted molar refractivity (Wildman–Crippen MR) is 143 cm³/mol. The highest BCUT2D eigenvalue weighted by molar-refractivity contribution is 6.37. The van der Waals surface area contributed by atoms with Crippen molar-refractivity contribution in [2.75, 3.05) is 6.61 Å². The van der Waals surface area contributed by atoms with Gasteiger partial charge >= 0.3 is 5.97 Å². The fourth-order valence-electron chi connectivity index (χ4n) is 4.14. The molecule has 8 heteroatoms. The zero-order valence-corrected chi connectivity index (χ0v) is 22.4. The summed E-state index contributed by atoms with van der Waals surface area (Å²) in [4.78, 5) is 12.8. The first kappa shape index (κ1) is 26.4. The molecule has 2 N–H and O–H groups in total. The number of carbonyl (C=O) groups excluding carboxylic acids is 1. The van der Waals surface area contributed by atoms with Crippen LogP contribution in [0.25, 0.3) is 0 Å². The Morgan fingerprint density at radius 3 is 2.30 bits per heavy atom. The Bertz CT molecular complexity index is 1410. The first-order valence-corrected chi connectivity index (χ1v) is 12.4. The van der Waals surface area contributed by atoms with Crippen molar-refractivity contribution in [2.45, 2.75) is 39.0 Å². The Morgan fingerprint density at radius 1 is 1.08 bits per heavy atom. The van der Waals surface area contributed by atoms with Crippen LogP contribution >= 0.6 is 23.2 Å². The molecule has 0 fully saturated rings. The summed E-state index contributed by atoms with van der Waals surface area (Å²) in [7, 11) is 0. The second kappa shape index (κ2) is 10.4. The number of allylic oxidation sites excluding steroid dienone is 1. The van der Waals surface area contributed by atoms with Crippen LogP contribution < -0.4 is 19.9 Å². The van der Waals surface area contributed by atoms with Crippen LogP contribution in [0.3, 0.4) is 0 Å². The molecule has 1 aliphatic rings. The molecule has 0 aliphatic carbocycles. The SMILES string of the molecule is CCOc1c(Cl)cc(C(=O)Oc2ccc3c(c2)OC(N)=C(C#N)C3c2ccc(C(C)(C)C)cc2)cc1Cl. The number of hydrogen-bond acceptors (Lipinski definition) is 6. The molecular formula is C29H26Cl2N2O4. The van der Waals surface area contributed by atoms with Crippen LogP contribution in [-0.4, -0.2) is 12.6 Å². The molecule has 3 aromatic carbocycles. The predicted octanol–water partition coefficient (Wildman–Crippen LogP) is 7.13. The first-order chi connectivity index (χ1) is 17.5. The monoisotopic (exact) mass is 536 g/mol. The minimum Gasteiger partial charge on any atom is -0.491 e. The summed E-state index contributed by atoms with van der Waals surface area (Å²) in [5.41, 5.74) is 9.43. The first-order valence-electron chi connectivity index (χ1n) is 11.7. The van der Waals surface area contributed by atoms with Crippen molar-refractivity contribution in [3.8, 4) is 23.3 Å². The van der Waals surface area contributed by atoms with E-state index in [1.54, 1.807) is 25.1 Å². The third-order valence-electron chi connectivity index (χ3n) is 6.03. The largest absolute Gasteiger partial charge is 0.491 e. The second-order valence-electron chi connectivity index (χ2n) is 9.59. The van der Waals surface area contributed by atoms with Crippen molar-refractivity contribution >= 4 is 29.2 Å². The van der Waals surface area contributed by atoms with Gasteiger partial charge in [0.15, 0.2) is 5.75 Å². The van der Waals surface area contributed by atoms with Crippen LogP contribution in [0.15, 0.2) is 66.1 Å². The number of esters is 1. The molecule has 1 unspecified atom stereocenters. The lowest BCUT2D eigenvalue weighted by atomic mass is 9.81. The lowest BCUT2D eigenvalue weighted by molar-refractivity contribution is 0.0734. The van der Waals surface area contributed by atoms with E-state index >= 15 is 0 Å². The molecule has 1 atom stereocenters. The Morgan fingerprint density at radius 2 is 1.73 bits per heavy atom. The second-order valence-corrected chi connectivity index (χ2v) is 10.4. The molecule has 0 bridgehead atoms. The number of nitrogens with zero attached hydrogens (tertiary/aromatic N) is 1. The van der Waals surface area contributed by atoms with Crippen molar-refractivity contribution in [2.24, 2.45) is 5.73 Å². The van der Waals surface area contributed by atoms with E-state index in [1.807, 2.05) is 12.1 Å². The molecule has 3 aromatic rings. The number of nitriles is 1. The third-order valence-corrected chi connectivity index (χ3v) is 6.60.